The highest BCUT2D eigenvalue weighted by molar-refractivity contribution is 5.81. The Labute approximate surface area is 130 Å². The zero-order valence-corrected chi connectivity index (χ0v) is 14.6. The molecule has 1 saturated carbocycles. The Morgan fingerprint density at radius 1 is 1.43 bits per heavy atom. The summed E-state index contributed by atoms with van der Waals surface area (Å²) in [6.45, 7) is 12.9. The van der Waals surface area contributed by atoms with E-state index in [1.165, 1.54) is 7.11 Å². The van der Waals surface area contributed by atoms with Crippen LogP contribution in [-0.2, 0) is 9.53 Å². The Hall–Kier alpha value is -0.610. The molecule has 2 atom stereocenters. The van der Waals surface area contributed by atoms with Crippen LogP contribution in [0.1, 0.15) is 53.4 Å². The normalized spacial score (nSPS) is 25.8. The van der Waals surface area contributed by atoms with Gasteiger partial charge in [0.2, 0.25) is 0 Å². The van der Waals surface area contributed by atoms with Gasteiger partial charge in [-0.15, -0.1) is 0 Å². The largest absolute Gasteiger partial charge is 0.468 e. The third-order valence-corrected chi connectivity index (χ3v) is 4.73. The molecule has 0 aliphatic heterocycles. The molecular weight excluding hydrogens is 264 g/mol. The zero-order chi connectivity index (χ0) is 15.9. The quantitative estimate of drug-likeness (QED) is 0.665. The number of likely N-dealkylation sites (N-methyl/N-ethyl adjacent to an activating group) is 1. The van der Waals surface area contributed by atoms with E-state index in [2.05, 4.69) is 37.9 Å². The summed E-state index contributed by atoms with van der Waals surface area (Å²) in [5.41, 5.74) is -0.444. The van der Waals surface area contributed by atoms with Gasteiger partial charge < -0.3 is 15.0 Å². The number of ether oxygens (including phenoxy) is 1. The van der Waals surface area contributed by atoms with Gasteiger partial charge in [0.25, 0.3) is 0 Å². The van der Waals surface area contributed by atoms with Gasteiger partial charge in [0.15, 0.2) is 0 Å². The molecule has 0 radical (unpaired) electrons. The number of methoxy groups -OCH3 is 1. The molecule has 0 amide bonds. The van der Waals surface area contributed by atoms with Crippen molar-refractivity contribution in [2.75, 3.05) is 33.3 Å². The standard InChI is InChI=1S/C17H34N2O2/c1-6-18-17(16(20)21-5)11-8-9-15(17)10-12-19(7-2)13-14(3)4/h14-15,18H,6-13H2,1-5H3. The number of esters is 1. The lowest BCUT2D eigenvalue weighted by molar-refractivity contribution is -0.150. The predicted molar refractivity (Wildman–Crippen MR) is 87.3 cm³/mol. The van der Waals surface area contributed by atoms with Crippen molar-refractivity contribution in [2.24, 2.45) is 11.8 Å². The van der Waals surface area contributed by atoms with Crippen molar-refractivity contribution in [3.63, 3.8) is 0 Å². The third-order valence-electron chi connectivity index (χ3n) is 4.73. The second kappa shape index (κ2) is 8.74. The fourth-order valence-corrected chi connectivity index (χ4v) is 3.77. The summed E-state index contributed by atoms with van der Waals surface area (Å²) in [4.78, 5) is 14.8. The average Bonchev–Trinajstić information content (AvgIpc) is 2.86. The van der Waals surface area contributed by atoms with E-state index < -0.39 is 5.54 Å². The van der Waals surface area contributed by atoms with E-state index in [0.29, 0.717) is 11.8 Å². The summed E-state index contributed by atoms with van der Waals surface area (Å²) < 4.78 is 5.10. The molecule has 1 N–H and O–H groups in total. The maximum atomic E-state index is 12.3. The van der Waals surface area contributed by atoms with Crippen LogP contribution >= 0.6 is 0 Å². The maximum absolute atomic E-state index is 12.3. The van der Waals surface area contributed by atoms with Crippen molar-refractivity contribution in [1.29, 1.82) is 0 Å². The summed E-state index contributed by atoms with van der Waals surface area (Å²) >= 11 is 0. The van der Waals surface area contributed by atoms with Crippen molar-refractivity contribution >= 4 is 5.97 Å². The molecule has 0 bridgehead atoms. The molecular formula is C17H34N2O2. The van der Waals surface area contributed by atoms with Crippen LogP contribution in [0.15, 0.2) is 0 Å². The van der Waals surface area contributed by atoms with Gasteiger partial charge in [-0.2, -0.15) is 0 Å². The van der Waals surface area contributed by atoms with Gasteiger partial charge in [0.1, 0.15) is 5.54 Å². The minimum absolute atomic E-state index is 0.0706. The van der Waals surface area contributed by atoms with Gasteiger partial charge in [0, 0.05) is 6.54 Å². The highest BCUT2D eigenvalue weighted by Crippen LogP contribution is 2.39. The molecule has 2 unspecified atom stereocenters. The Kier molecular flexibility index (Phi) is 7.67. The Balaban J connectivity index is 2.68. The van der Waals surface area contributed by atoms with Crippen molar-refractivity contribution < 1.29 is 9.53 Å². The van der Waals surface area contributed by atoms with Crippen molar-refractivity contribution in [3.05, 3.63) is 0 Å². The third kappa shape index (κ3) is 4.68. The minimum Gasteiger partial charge on any atom is -0.468 e. The number of carbonyl (C=O) groups is 1. The van der Waals surface area contributed by atoms with Gasteiger partial charge in [-0.1, -0.05) is 34.1 Å². The number of hydrogen-bond acceptors (Lipinski definition) is 4. The Bertz CT molecular complexity index is 320. The van der Waals surface area contributed by atoms with Crippen LogP contribution in [0.3, 0.4) is 0 Å². The van der Waals surface area contributed by atoms with Crippen LogP contribution in [0.2, 0.25) is 0 Å². The highest BCUT2D eigenvalue weighted by atomic mass is 16.5. The summed E-state index contributed by atoms with van der Waals surface area (Å²) in [7, 11) is 1.51. The van der Waals surface area contributed by atoms with E-state index in [9.17, 15) is 4.79 Å². The SMILES string of the molecule is CCNC1(C(=O)OC)CCCC1CCN(CC)CC(C)C. The van der Waals surface area contributed by atoms with E-state index in [1.54, 1.807) is 0 Å². The predicted octanol–water partition coefficient (Wildman–Crippen LogP) is 2.68. The zero-order valence-electron chi connectivity index (χ0n) is 14.6. The molecule has 0 aromatic carbocycles. The number of nitrogens with zero attached hydrogens (tertiary/aromatic N) is 1. The topological polar surface area (TPSA) is 41.6 Å². The van der Waals surface area contributed by atoms with E-state index in [1.807, 2.05) is 0 Å². The fourth-order valence-electron chi connectivity index (χ4n) is 3.77. The van der Waals surface area contributed by atoms with Crippen LogP contribution in [0.5, 0.6) is 0 Å². The van der Waals surface area contributed by atoms with E-state index in [0.717, 1.165) is 51.9 Å². The van der Waals surface area contributed by atoms with Crippen molar-refractivity contribution in [1.82, 2.24) is 10.2 Å². The van der Waals surface area contributed by atoms with Gasteiger partial charge in [-0.25, -0.2) is 0 Å². The lowest BCUT2D eigenvalue weighted by atomic mass is 9.84. The van der Waals surface area contributed by atoms with Crippen LogP contribution < -0.4 is 5.32 Å². The number of carbonyl (C=O) groups excluding carboxylic acids is 1. The minimum atomic E-state index is -0.444. The Morgan fingerprint density at radius 2 is 2.14 bits per heavy atom. The van der Waals surface area contributed by atoms with Gasteiger partial charge in [-0.3, -0.25) is 4.79 Å². The molecule has 21 heavy (non-hydrogen) atoms. The maximum Gasteiger partial charge on any atom is 0.326 e. The Morgan fingerprint density at radius 3 is 2.67 bits per heavy atom. The van der Waals surface area contributed by atoms with E-state index >= 15 is 0 Å². The summed E-state index contributed by atoms with van der Waals surface area (Å²) in [5.74, 6) is 1.01. The molecule has 0 heterocycles. The molecule has 1 aliphatic rings. The summed E-state index contributed by atoms with van der Waals surface area (Å²) in [6.07, 6.45) is 4.22. The molecule has 4 heteroatoms. The average molecular weight is 298 g/mol. The monoisotopic (exact) mass is 298 g/mol. The second-order valence-corrected chi connectivity index (χ2v) is 6.66. The summed E-state index contributed by atoms with van der Waals surface area (Å²) in [5, 5.41) is 3.45. The number of rotatable bonds is 9. The molecule has 1 fully saturated rings. The van der Waals surface area contributed by atoms with Gasteiger partial charge >= 0.3 is 5.97 Å². The van der Waals surface area contributed by atoms with Crippen LogP contribution in [0, 0.1) is 11.8 Å². The molecule has 0 saturated heterocycles. The highest BCUT2D eigenvalue weighted by Gasteiger charge is 2.48. The fraction of sp³-hybridized carbons (Fsp3) is 0.941. The van der Waals surface area contributed by atoms with E-state index in [4.69, 9.17) is 4.74 Å². The first-order valence-corrected chi connectivity index (χ1v) is 8.55. The van der Waals surface area contributed by atoms with Crippen LogP contribution in [0.4, 0.5) is 0 Å². The lowest BCUT2D eigenvalue weighted by Gasteiger charge is -2.35. The van der Waals surface area contributed by atoms with Crippen LogP contribution in [-0.4, -0.2) is 49.7 Å². The van der Waals surface area contributed by atoms with Crippen LogP contribution in [0.25, 0.3) is 0 Å². The molecule has 1 rings (SSSR count). The number of hydrogen-bond donors (Lipinski definition) is 1. The van der Waals surface area contributed by atoms with Crippen molar-refractivity contribution in [3.8, 4) is 0 Å². The lowest BCUT2D eigenvalue weighted by Crippen LogP contribution is -2.55. The second-order valence-electron chi connectivity index (χ2n) is 6.66. The van der Waals surface area contributed by atoms with Gasteiger partial charge in [-0.05, 0) is 50.7 Å². The summed E-state index contributed by atoms with van der Waals surface area (Å²) in [6, 6.07) is 0. The molecule has 4 nitrogen and oxygen atoms in total. The molecule has 0 aromatic heterocycles. The van der Waals surface area contributed by atoms with E-state index in [-0.39, 0.29) is 5.97 Å². The number of nitrogens with one attached hydrogen (secondary N) is 1. The smallest absolute Gasteiger partial charge is 0.326 e. The molecule has 0 spiro atoms. The first kappa shape index (κ1) is 18.4. The molecule has 0 aromatic rings. The first-order chi connectivity index (χ1) is 10.00. The van der Waals surface area contributed by atoms with Gasteiger partial charge in [0.05, 0.1) is 7.11 Å². The first-order valence-electron chi connectivity index (χ1n) is 8.55. The molecule has 1 aliphatic carbocycles. The van der Waals surface area contributed by atoms with Crippen molar-refractivity contribution in [2.45, 2.75) is 58.9 Å². The molecule has 124 valence electrons.